The van der Waals surface area contributed by atoms with Gasteiger partial charge < -0.3 is 10.0 Å². The van der Waals surface area contributed by atoms with Gasteiger partial charge in [0.2, 0.25) is 0 Å². The summed E-state index contributed by atoms with van der Waals surface area (Å²) in [6, 6.07) is 2.16. The Morgan fingerprint density at radius 2 is 2.10 bits per heavy atom. The number of carboxylic acid groups (broad SMARTS) is 1. The molecule has 4 rings (SSSR count). The average Bonchev–Trinajstić information content (AvgIpc) is 3.05. The Bertz CT molecular complexity index is 1160. The van der Waals surface area contributed by atoms with Crippen molar-refractivity contribution in [2.45, 2.75) is 19.8 Å². The maximum Gasteiger partial charge on any atom is 0.307 e. The number of hydrogen-bond acceptors (Lipinski definition) is 5. The van der Waals surface area contributed by atoms with Crippen molar-refractivity contribution in [2.24, 2.45) is 0 Å². The molecule has 0 spiro atoms. The second-order valence-corrected chi connectivity index (χ2v) is 8.58. The molecule has 0 unspecified atom stereocenters. The third kappa shape index (κ3) is 3.89. The summed E-state index contributed by atoms with van der Waals surface area (Å²) < 4.78 is 29.5. The Morgan fingerprint density at radius 1 is 1.31 bits per heavy atom. The molecule has 9 heteroatoms. The van der Waals surface area contributed by atoms with Gasteiger partial charge in [-0.1, -0.05) is 11.6 Å². The number of thiophene rings is 1. The van der Waals surface area contributed by atoms with E-state index in [1.165, 1.54) is 11.3 Å². The second kappa shape index (κ2) is 7.79. The molecule has 0 amide bonds. The van der Waals surface area contributed by atoms with Gasteiger partial charge in [-0.15, -0.1) is 11.3 Å². The molecule has 0 aliphatic carbocycles. The summed E-state index contributed by atoms with van der Waals surface area (Å²) in [4.78, 5) is 22.0. The summed E-state index contributed by atoms with van der Waals surface area (Å²) in [5.41, 5.74) is 2.52. The van der Waals surface area contributed by atoms with Gasteiger partial charge in [0.15, 0.2) is 11.6 Å². The van der Waals surface area contributed by atoms with E-state index in [0.29, 0.717) is 30.8 Å². The van der Waals surface area contributed by atoms with Gasteiger partial charge in [0.1, 0.15) is 11.6 Å². The van der Waals surface area contributed by atoms with Crippen LogP contribution in [-0.2, 0) is 4.79 Å². The quantitative estimate of drug-likeness (QED) is 0.405. The van der Waals surface area contributed by atoms with Crippen molar-refractivity contribution in [1.82, 2.24) is 9.97 Å². The molecule has 1 N–H and O–H groups in total. The van der Waals surface area contributed by atoms with Crippen molar-refractivity contribution in [2.75, 3.05) is 18.0 Å². The van der Waals surface area contributed by atoms with Gasteiger partial charge in [0.25, 0.3) is 0 Å². The molecule has 1 aliphatic rings. The molecule has 0 atom stereocenters. The number of carboxylic acids is 1. The van der Waals surface area contributed by atoms with Crippen LogP contribution in [0, 0.1) is 18.6 Å². The van der Waals surface area contributed by atoms with Crippen LogP contribution >= 0.6 is 27.3 Å². The Hall–Kier alpha value is -2.39. The molecule has 3 aromatic rings. The fraction of sp³-hybridized carbons (Fsp3) is 0.250. The van der Waals surface area contributed by atoms with E-state index < -0.39 is 17.6 Å². The van der Waals surface area contributed by atoms with E-state index in [0.717, 1.165) is 28.0 Å². The second-order valence-electron chi connectivity index (χ2n) is 6.84. The van der Waals surface area contributed by atoms with Crippen LogP contribution in [0.4, 0.5) is 14.6 Å². The van der Waals surface area contributed by atoms with Crippen LogP contribution < -0.4 is 4.90 Å². The van der Waals surface area contributed by atoms with E-state index in [9.17, 15) is 13.6 Å². The third-order valence-corrected chi connectivity index (χ3v) is 6.50. The number of rotatable bonds is 4. The van der Waals surface area contributed by atoms with Gasteiger partial charge >= 0.3 is 5.97 Å². The number of hydrogen-bond donors (Lipinski definition) is 1. The molecule has 1 aliphatic heterocycles. The molecule has 29 heavy (non-hydrogen) atoms. The van der Waals surface area contributed by atoms with Crippen LogP contribution in [0.5, 0.6) is 0 Å². The Morgan fingerprint density at radius 3 is 2.79 bits per heavy atom. The minimum Gasteiger partial charge on any atom is -0.481 e. The number of fused-ring (bicyclic) bond motifs is 1. The van der Waals surface area contributed by atoms with Gasteiger partial charge in [-0.3, -0.25) is 4.79 Å². The Balaban J connectivity index is 1.80. The van der Waals surface area contributed by atoms with E-state index >= 15 is 0 Å². The molecule has 2 aromatic heterocycles. The molecule has 0 fully saturated rings. The van der Waals surface area contributed by atoms with Gasteiger partial charge in [-0.2, -0.15) is 0 Å². The molecular formula is C20H16BrF2N3O2S. The number of halogens is 3. The summed E-state index contributed by atoms with van der Waals surface area (Å²) in [6.07, 6.45) is 2.53. The first-order valence-corrected chi connectivity index (χ1v) is 10.6. The molecule has 0 bridgehead atoms. The van der Waals surface area contributed by atoms with Gasteiger partial charge in [-0.05, 0) is 52.4 Å². The van der Waals surface area contributed by atoms with Crippen LogP contribution in [-0.4, -0.2) is 34.1 Å². The summed E-state index contributed by atoms with van der Waals surface area (Å²) in [5, 5.41) is 10.9. The highest BCUT2D eigenvalue weighted by molar-refractivity contribution is 9.10. The fourth-order valence-electron chi connectivity index (χ4n) is 3.30. The van der Waals surface area contributed by atoms with E-state index in [2.05, 4.69) is 25.9 Å². The summed E-state index contributed by atoms with van der Waals surface area (Å²) in [6.45, 7) is 3.01. The molecule has 1 aromatic carbocycles. The molecule has 0 saturated heterocycles. The fourth-order valence-corrected chi connectivity index (χ4v) is 4.62. The summed E-state index contributed by atoms with van der Waals surface area (Å²) in [5.74, 6) is -1.28. The smallest absolute Gasteiger partial charge is 0.307 e. The maximum absolute atomic E-state index is 14.5. The summed E-state index contributed by atoms with van der Waals surface area (Å²) >= 11 is 4.49. The van der Waals surface area contributed by atoms with Crippen molar-refractivity contribution in [3.05, 3.63) is 50.8 Å². The van der Waals surface area contributed by atoms with Crippen LogP contribution in [0.3, 0.4) is 0 Å². The molecule has 5 nitrogen and oxygen atoms in total. The van der Waals surface area contributed by atoms with Crippen molar-refractivity contribution in [3.63, 3.8) is 0 Å². The highest BCUT2D eigenvalue weighted by atomic mass is 79.9. The van der Waals surface area contributed by atoms with Gasteiger partial charge in [0, 0.05) is 13.1 Å². The maximum atomic E-state index is 14.5. The third-order valence-electron chi connectivity index (χ3n) is 4.81. The zero-order valence-corrected chi connectivity index (χ0v) is 17.8. The molecule has 3 heterocycles. The first-order valence-electron chi connectivity index (χ1n) is 8.89. The first-order chi connectivity index (χ1) is 13.8. The lowest BCUT2D eigenvalue weighted by molar-refractivity contribution is -0.136. The highest BCUT2D eigenvalue weighted by Gasteiger charge is 2.22. The predicted molar refractivity (Wildman–Crippen MR) is 112 cm³/mol. The number of aliphatic carboxylic acids is 1. The zero-order valence-electron chi connectivity index (χ0n) is 15.4. The van der Waals surface area contributed by atoms with Crippen LogP contribution in [0.1, 0.15) is 18.4 Å². The lowest BCUT2D eigenvalue weighted by Crippen LogP contribution is -2.30. The largest absolute Gasteiger partial charge is 0.481 e. The zero-order chi connectivity index (χ0) is 20.7. The number of anilines is 1. The van der Waals surface area contributed by atoms with Crippen molar-refractivity contribution in [1.29, 1.82) is 0 Å². The minimum atomic E-state index is -0.849. The van der Waals surface area contributed by atoms with Crippen LogP contribution in [0.2, 0.25) is 0 Å². The monoisotopic (exact) mass is 479 g/mol. The molecule has 0 radical (unpaired) electrons. The van der Waals surface area contributed by atoms with Crippen molar-refractivity contribution in [3.8, 4) is 11.4 Å². The normalized spacial score (nSPS) is 14.3. The first kappa shape index (κ1) is 19.9. The number of aromatic nitrogens is 2. The van der Waals surface area contributed by atoms with Crippen LogP contribution in [0.15, 0.2) is 33.6 Å². The van der Waals surface area contributed by atoms with E-state index in [-0.39, 0.29) is 22.3 Å². The van der Waals surface area contributed by atoms with E-state index in [1.54, 1.807) is 0 Å². The van der Waals surface area contributed by atoms with Gasteiger partial charge in [-0.25, -0.2) is 18.7 Å². The number of benzene rings is 1. The number of carbonyl (C=O) groups is 1. The minimum absolute atomic E-state index is 0.00133. The summed E-state index contributed by atoms with van der Waals surface area (Å²) in [7, 11) is 0. The predicted octanol–water partition coefficient (Wildman–Crippen LogP) is 5.32. The lowest BCUT2D eigenvalue weighted by Gasteiger charge is -2.27. The molecule has 0 saturated carbocycles. The Kier molecular flexibility index (Phi) is 5.35. The molecular weight excluding hydrogens is 464 g/mol. The van der Waals surface area contributed by atoms with E-state index in [1.807, 2.05) is 23.3 Å². The molecule has 150 valence electrons. The van der Waals surface area contributed by atoms with Crippen LogP contribution in [0.25, 0.3) is 21.6 Å². The number of nitrogens with zero attached hydrogens (tertiary/aromatic N) is 3. The van der Waals surface area contributed by atoms with E-state index in [4.69, 9.17) is 5.11 Å². The average molecular weight is 480 g/mol. The number of aryl methyl sites for hydroxylation is 1. The lowest BCUT2D eigenvalue weighted by atomic mass is 10.0. The van der Waals surface area contributed by atoms with Crippen molar-refractivity contribution >= 4 is 49.3 Å². The Labute approximate surface area is 177 Å². The standard InChI is InChI=1S/C20H16BrF2N3O2S/c1-10-9-29-18-17(10)24-19(12-7-15(23)13(21)8-14(12)22)25-20(18)26-4-2-11(3-5-26)6-16(27)28/h2,7-9H,3-6H2,1H3,(H,27,28). The van der Waals surface area contributed by atoms with Gasteiger partial charge in [0.05, 0.1) is 26.7 Å². The van der Waals surface area contributed by atoms with Crippen molar-refractivity contribution < 1.29 is 18.7 Å². The highest BCUT2D eigenvalue weighted by Crippen LogP contribution is 2.36. The SMILES string of the molecule is Cc1csc2c(N3CC=C(CC(=O)O)CC3)nc(-c3cc(F)c(Br)cc3F)nc12. The topological polar surface area (TPSA) is 66.3 Å².